The maximum absolute atomic E-state index is 3.63. The summed E-state index contributed by atoms with van der Waals surface area (Å²) >= 11 is 3.63. The van der Waals surface area contributed by atoms with Gasteiger partial charge in [0, 0.05) is 0 Å². The third-order valence-corrected chi connectivity index (χ3v) is 3.37. The van der Waals surface area contributed by atoms with Crippen molar-refractivity contribution in [3.05, 3.63) is 22.7 Å². The summed E-state index contributed by atoms with van der Waals surface area (Å²) in [5, 5.41) is 0. The highest BCUT2D eigenvalue weighted by Gasteiger charge is 2.22. The Labute approximate surface area is 83.9 Å². The highest BCUT2D eigenvalue weighted by Crippen LogP contribution is 2.36. The van der Waals surface area contributed by atoms with E-state index in [-0.39, 0.29) is 0 Å². The molecule has 1 aliphatic rings. The Morgan fingerprint density at radius 1 is 1.58 bits per heavy atom. The SMILES string of the molecule is CCC1CC(C)(C)C=CC=C1Br. The van der Waals surface area contributed by atoms with E-state index in [1.807, 2.05) is 0 Å². The summed E-state index contributed by atoms with van der Waals surface area (Å²) in [7, 11) is 0. The van der Waals surface area contributed by atoms with Crippen molar-refractivity contribution >= 4 is 15.9 Å². The normalized spacial score (nSPS) is 28.0. The minimum absolute atomic E-state index is 0.354. The van der Waals surface area contributed by atoms with Crippen LogP contribution in [-0.4, -0.2) is 0 Å². The van der Waals surface area contributed by atoms with E-state index >= 15 is 0 Å². The van der Waals surface area contributed by atoms with Crippen LogP contribution in [0.15, 0.2) is 22.7 Å². The molecule has 1 aliphatic carbocycles. The Morgan fingerprint density at radius 3 is 2.83 bits per heavy atom. The summed E-state index contributed by atoms with van der Waals surface area (Å²) in [5.74, 6) is 0.704. The van der Waals surface area contributed by atoms with E-state index in [1.54, 1.807) is 0 Å². The molecule has 0 aliphatic heterocycles. The third-order valence-electron chi connectivity index (χ3n) is 2.46. The van der Waals surface area contributed by atoms with Crippen LogP contribution >= 0.6 is 15.9 Å². The van der Waals surface area contributed by atoms with Crippen LogP contribution in [0.2, 0.25) is 0 Å². The van der Waals surface area contributed by atoms with Gasteiger partial charge in [-0.1, -0.05) is 54.9 Å². The predicted octanol–water partition coefficient (Wildman–Crippen LogP) is 4.28. The molecule has 0 fully saturated rings. The first-order valence-corrected chi connectivity index (χ1v) is 5.39. The van der Waals surface area contributed by atoms with Gasteiger partial charge in [0.15, 0.2) is 0 Å². The molecule has 1 atom stereocenters. The summed E-state index contributed by atoms with van der Waals surface area (Å²) < 4.78 is 1.35. The number of halogens is 1. The second-order valence-corrected chi connectivity index (χ2v) is 5.12. The third kappa shape index (κ3) is 2.48. The number of allylic oxidation sites excluding steroid dienone is 4. The molecule has 0 aromatic carbocycles. The van der Waals surface area contributed by atoms with Crippen molar-refractivity contribution < 1.29 is 0 Å². The fourth-order valence-corrected chi connectivity index (χ4v) is 2.31. The molecule has 0 bridgehead atoms. The van der Waals surface area contributed by atoms with E-state index < -0.39 is 0 Å². The standard InChI is InChI=1S/C11H17Br/c1-4-9-8-11(2,3)7-5-6-10(9)12/h5-7,9H,4,8H2,1-3H3. The van der Waals surface area contributed by atoms with Gasteiger partial charge in [-0.25, -0.2) is 0 Å². The van der Waals surface area contributed by atoms with Gasteiger partial charge in [-0.05, 0) is 28.7 Å². The smallest absolute Gasteiger partial charge is 0.00183 e. The quantitative estimate of drug-likeness (QED) is 0.629. The number of rotatable bonds is 1. The molecule has 1 rings (SSSR count). The fourth-order valence-electron chi connectivity index (χ4n) is 1.68. The van der Waals surface area contributed by atoms with E-state index in [0.29, 0.717) is 11.3 Å². The van der Waals surface area contributed by atoms with Gasteiger partial charge in [-0.15, -0.1) is 0 Å². The zero-order chi connectivity index (χ0) is 9.19. The molecule has 0 heterocycles. The molecule has 0 radical (unpaired) electrons. The van der Waals surface area contributed by atoms with Crippen molar-refractivity contribution in [1.29, 1.82) is 0 Å². The molecule has 68 valence electrons. The predicted molar refractivity (Wildman–Crippen MR) is 58.3 cm³/mol. The van der Waals surface area contributed by atoms with E-state index in [2.05, 4.69) is 54.9 Å². The van der Waals surface area contributed by atoms with Gasteiger partial charge >= 0.3 is 0 Å². The Bertz CT molecular complexity index is 211. The van der Waals surface area contributed by atoms with Gasteiger partial charge in [0.05, 0.1) is 0 Å². The van der Waals surface area contributed by atoms with Crippen molar-refractivity contribution in [3.63, 3.8) is 0 Å². The van der Waals surface area contributed by atoms with E-state index in [4.69, 9.17) is 0 Å². The molecule has 0 N–H and O–H groups in total. The monoisotopic (exact) mass is 228 g/mol. The van der Waals surface area contributed by atoms with Crippen molar-refractivity contribution in [1.82, 2.24) is 0 Å². The van der Waals surface area contributed by atoms with Crippen LogP contribution in [0, 0.1) is 11.3 Å². The summed E-state index contributed by atoms with van der Waals surface area (Å²) in [5.41, 5.74) is 0.354. The molecule has 0 saturated heterocycles. The molecule has 1 heteroatoms. The van der Waals surface area contributed by atoms with Crippen LogP contribution in [0.4, 0.5) is 0 Å². The molecule has 0 nitrogen and oxygen atoms in total. The van der Waals surface area contributed by atoms with Crippen molar-refractivity contribution in [3.8, 4) is 0 Å². The first-order chi connectivity index (χ1) is 5.55. The van der Waals surface area contributed by atoms with Crippen LogP contribution in [-0.2, 0) is 0 Å². The highest BCUT2D eigenvalue weighted by molar-refractivity contribution is 9.11. The molecule has 0 aromatic heterocycles. The van der Waals surface area contributed by atoms with Crippen molar-refractivity contribution in [2.24, 2.45) is 11.3 Å². The molecule has 0 amide bonds. The lowest BCUT2D eigenvalue weighted by Crippen LogP contribution is -2.12. The van der Waals surface area contributed by atoms with Gasteiger partial charge < -0.3 is 0 Å². The zero-order valence-corrected chi connectivity index (χ0v) is 9.69. The van der Waals surface area contributed by atoms with Gasteiger partial charge in [0.2, 0.25) is 0 Å². The second kappa shape index (κ2) is 3.78. The van der Waals surface area contributed by atoms with Crippen LogP contribution in [0.3, 0.4) is 0 Å². The second-order valence-electron chi connectivity index (χ2n) is 4.21. The first kappa shape index (κ1) is 10.0. The zero-order valence-electron chi connectivity index (χ0n) is 8.10. The largest absolute Gasteiger partial charge is 0.0788 e. The van der Waals surface area contributed by atoms with Crippen LogP contribution in [0.5, 0.6) is 0 Å². The topological polar surface area (TPSA) is 0 Å². The number of hydrogen-bond donors (Lipinski definition) is 0. The van der Waals surface area contributed by atoms with E-state index in [9.17, 15) is 0 Å². The molecular weight excluding hydrogens is 212 g/mol. The highest BCUT2D eigenvalue weighted by atomic mass is 79.9. The lowest BCUT2D eigenvalue weighted by Gasteiger charge is -2.24. The summed E-state index contributed by atoms with van der Waals surface area (Å²) in [4.78, 5) is 0. The van der Waals surface area contributed by atoms with Gasteiger partial charge in [0.25, 0.3) is 0 Å². The summed E-state index contributed by atoms with van der Waals surface area (Å²) in [6.45, 7) is 6.85. The Kier molecular flexibility index (Phi) is 3.16. The van der Waals surface area contributed by atoms with Gasteiger partial charge in [-0.3, -0.25) is 0 Å². The molecule has 0 saturated carbocycles. The van der Waals surface area contributed by atoms with Crippen LogP contribution in [0.25, 0.3) is 0 Å². The summed E-state index contributed by atoms with van der Waals surface area (Å²) in [6, 6.07) is 0. The Hall–Kier alpha value is -0.0400. The maximum Gasteiger partial charge on any atom is -0.00183 e. The molecule has 0 aromatic rings. The maximum atomic E-state index is 3.63. The van der Waals surface area contributed by atoms with Crippen molar-refractivity contribution in [2.75, 3.05) is 0 Å². The average Bonchev–Trinajstić information content (AvgIpc) is 2.10. The average molecular weight is 229 g/mol. The molecule has 1 unspecified atom stereocenters. The lowest BCUT2D eigenvalue weighted by molar-refractivity contribution is 0.367. The fraction of sp³-hybridized carbons (Fsp3) is 0.636. The first-order valence-electron chi connectivity index (χ1n) is 4.60. The minimum Gasteiger partial charge on any atom is -0.0788 e. The van der Waals surface area contributed by atoms with E-state index in [1.165, 1.54) is 17.3 Å². The Balaban J connectivity index is 2.79. The summed E-state index contributed by atoms with van der Waals surface area (Å²) in [6.07, 6.45) is 9.12. The minimum atomic E-state index is 0.354. The van der Waals surface area contributed by atoms with Gasteiger partial charge in [-0.2, -0.15) is 0 Å². The Morgan fingerprint density at radius 2 is 2.25 bits per heavy atom. The molecule has 12 heavy (non-hydrogen) atoms. The van der Waals surface area contributed by atoms with Crippen LogP contribution in [0.1, 0.15) is 33.6 Å². The van der Waals surface area contributed by atoms with Crippen LogP contribution < -0.4 is 0 Å². The van der Waals surface area contributed by atoms with E-state index in [0.717, 1.165) is 0 Å². The number of hydrogen-bond acceptors (Lipinski definition) is 0. The molecular formula is C11H17Br. The van der Waals surface area contributed by atoms with Crippen molar-refractivity contribution in [2.45, 2.75) is 33.6 Å². The van der Waals surface area contributed by atoms with Gasteiger partial charge in [0.1, 0.15) is 0 Å². The lowest BCUT2D eigenvalue weighted by atomic mass is 9.83. The molecule has 0 spiro atoms.